The van der Waals surface area contributed by atoms with Gasteiger partial charge in [-0.05, 0) is 41.7 Å². The molecule has 1 heterocycles. The van der Waals surface area contributed by atoms with E-state index in [1.54, 1.807) is 6.08 Å². The van der Waals surface area contributed by atoms with Crippen LogP contribution in [0.2, 0.25) is 0 Å². The van der Waals surface area contributed by atoms with Crippen LogP contribution in [-0.2, 0) is 0 Å². The van der Waals surface area contributed by atoms with Gasteiger partial charge in [0.2, 0.25) is 0 Å². The molecule has 0 saturated heterocycles. The summed E-state index contributed by atoms with van der Waals surface area (Å²) in [6.07, 6.45) is 4.73. The molecule has 4 heteroatoms. The van der Waals surface area contributed by atoms with Crippen LogP contribution in [0.4, 0.5) is 0 Å². The van der Waals surface area contributed by atoms with E-state index in [4.69, 9.17) is 11.5 Å². The summed E-state index contributed by atoms with van der Waals surface area (Å²) in [4.78, 5) is 1.06. The molecule has 1 aliphatic heterocycles. The first kappa shape index (κ1) is 7.89. The third-order valence-electron chi connectivity index (χ3n) is 2.27. The smallest absolute Gasteiger partial charge is 0.0874 e. The van der Waals surface area contributed by atoms with Gasteiger partial charge in [0.15, 0.2) is 0 Å². The van der Waals surface area contributed by atoms with Gasteiger partial charge in [-0.25, -0.2) is 0 Å². The van der Waals surface area contributed by atoms with E-state index >= 15 is 0 Å². The Bertz CT molecular complexity index is 328. The van der Waals surface area contributed by atoms with Crippen molar-refractivity contribution in [3.8, 4) is 0 Å². The molecule has 0 amide bonds. The molecule has 0 spiro atoms. The van der Waals surface area contributed by atoms with E-state index in [-0.39, 0.29) is 0 Å². The second-order valence-corrected chi connectivity index (χ2v) is 4.58. The molecule has 0 bridgehead atoms. The maximum absolute atomic E-state index is 9.67. The molecule has 1 fully saturated rings. The van der Waals surface area contributed by atoms with E-state index in [1.807, 2.05) is 0 Å². The van der Waals surface area contributed by atoms with Crippen molar-refractivity contribution in [1.82, 2.24) is 0 Å². The molecule has 0 aromatic carbocycles. The van der Waals surface area contributed by atoms with Gasteiger partial charge < -0.3 is 16.0 Å². The van der Waals surface area contributed by atoms with Gasteiger partial charge in [0.05, 0.1) is 5.03 Å². The number of hydrogen-bond acceptors (Lipinski definition) is 3. The van der Waals surface area contributed by atoms with Gasteiger partial charge >= 0.3 is 0 Å². The maximum atomic E-state index is 9.67. The fourth-order valence-corrected chi connectivity index (χ4v) is 2.99. The van der Waals surface area contributed by atoms with E-state index in [2.05, 4.69) is 0 Å². The molecule has 1 unspecified atom stereocenters. The molecular formula is C8H12N2OS. The van der Waals surface area contributed by atoms with E-state index < -0.39 is 10.8 Å². The largest absolute Gasteiger partial charge is 0.398 e. The van der Waals surface area contributed by atoms with Crippen molar-refractivity contribution in [3.63, 3.8) is 0 Å². The van der Waals surface area contributed by atoms with Gasteiger partial charge in [-0.3, -0.25) is 0 Å². The second-order valence-electron chi connectivity index (χ2n) is 3.04. The maximum Gasteiger partial charge on any atom is 0.0874 e. The quantitative estimate of drug-likeness (QED) is 0.494. The van der Waals surface area contributed by atoms with Crippen LogP contribution in [-0.4, -0.2) is 9.42 Å². The summed E-state index contributed by atoms with van der Waals surface area (Å²) < 4.78 is 9.67. The predicted octanol–water partition coefficient (Wildman–Crippen LogP) is 1.11. The van der Waals surface area contributed by atoms with Gasteiger partial charge in [-0.1, -0.05) is 0 Å². The van der Waals surface area contributed by atoms with E-state index in [0.29, 0.717) is 5.03 Å². The average Bonchev–Trinajstić information content (AvgIpc) is 2.48. The van der Waals surface area contributed by atoms with Crippen LogP contribution < -0.4 is 11.5 Å². The van der Waals surface area contributed by atoms with Crippen molar-refractivity contribution < 1.29 is 4.55 Å². The minimum absolute atomic E-state index is 0.508. The standard InChI is InChI=1S/C8H12N2OS/c9-6-4-8(10)12(11)7-3-1-2-5(6)7/h4,11H,1-3,9-10H2. The Labute approximate surface area is 73.9 Å². The Balaban J connectivity index is 2.59. The number of hydrogen-bond donors (Lipinski definition) is 3. The first-order valence-electron chi connectivity index (χ1n) is 3.95. The first-order chi connectivity index (χ1) is 5.70. The highest BCUT2D eigenvalue weighted by Gasteiger charge is 2.23. The van der Waals surface area contributed by atoms with Crippen LogP contribution in [0.5, 0.6) is 0 Å². The second kappa shape index (κ2) is 2.64. The monoisotopic (exact) mass is 184 g/mol. The SMILES string of the molecule is NC1=CC(N)=C2CCCC2=S1O. The minimum atomic E-state index is -0.843. The fraction of sp³-hybridized carbons (Fsp3) is 0.375. The lowest BCUT2D eigenvalue weighted by Crippen LogP contribution is -2.13. The summed E-state index contributed by atoms with van der Waals surface area (Å²) >= 11 is 0. The molecule has 3 nitrogen and oxygen atoms in total. The van der Waals surface area contributed by atoms with Crippen molar-refractivity contribution >= 4 is 15.6 Å². The van der Waals surface area contributed by atoms with Crippen molar-refractivity contribution in [1.29, 1.82) is 0 Å². The molecule has 0 aromatic rings. The zero-order chi connectivity index (χ0) is 8.72. The van der Waals surface area contributed by atoms with Crippen LogP contribution in [0, 0.1) is 0 Å². The van der Waals surface area contributed by atoms with Crippen LogP contribution in [0.25, 0.3) is 0 Å². The average molecular weight is 184 g/mol. The van der Waals surface area contributed by atoms with Crippen LogP contribution in [0.3, 0.4) is 0 Å². The molecule has 0 radical (unpaired) electrons. The fourth-order valence-electron chi connectivity index (χ4n) is 1.67. The van der Waals surface area contributed by atoms with Crippen LogP contribution in [0.15, 0.2) is 22.4 Å². The van der Waals surface area contributed by atoms with Gasteiger partial charge in [0.25, 0.3) is 0 Å². The molecule has 0 aromatic heterocycles. The van der Waals surface area contributed by atoms with E-state index in [0.717, 1.165) is 35.4 Å². The first-order valence-corrected chi connectivity index (χ1v) is 5.13. The summed E-state index contributed by atoms with van der Waals surface area (Å²) in [7, 11) is -0.843. The lowest BCUT2D eigenvalue weighted by Gasteiger charge is -2.15. The Hall–Kier alpha value is -0.740. The summed E-state index contributed by atoms with van der Waals surface area (Å²) in [5.74, 6) is 0. The molecular weight excluding hydrogens is 172 g/mol. The lowest BCUT2D eigenvalue weighted by atomic mass is 10.1. The molecule has 66 valence electrons. The van der Waals surface area contributed by atoms with Crippen LogP contribution >= 0.6 is 10.8 Å². The van der Waals surface area contributed by atoms with Crippen molar-refractivity contribution in [2.45, 2.75) is 19.3 Å². The van der Waals surface area contributed by atoms with E-state index in [9.17, 15) is 4.55 Å². The van der Waals surface area contributed by atoms with Crippen molar-refractivity contribution in [2.75, 3.05) is 0 Å². The highest BCUT2D eigenvalue weighted by atomic mass is 32.2. The Morgan fingerprint density at radius 2 is 2.08 bits per heavy atom. The highest BCUT2D eigenvalue weighted by Crippen LogP contribution is 2.36. The van der Waals surface area contributed by atoms with Gasteiger partial charge in [-0.15, -0.1) is 0 Å². The Morgan fingerprint density at radius 1 is 1.33 bits per heavy atom. The number of allylic oxidation sites excluding steroid dienone is 2. The van der Waals surface area contributed by atoms with Crippen molar-refractivity contribution in [2.24, 2.45) is 11.5 Å². The van der Waals surface area contributed by atoms with Crippen LogP contribution in [0.1, 0.15) is 19.3 Å². The summed E-state index contributed by atoms with van der Waals surface area (Å²) in [6.45, 7) is 0. The third-order valence-corrected chi connectivity index (χ3v) is 3.75. The summed E-state index contributed by atoms with van der Waals surface area (Å²) in [5.41, 5.74) is 13.3. The number of rotatable bonds is 0. The molecule has 1 saturated carbocycles. The topological polar surface area (TPSA) is 72.3 Å². The highest BCUT2D eigenvalue weighted by molar-refractivity contribution is 8.14. The van der Waals surface area contributed by atoms with Gasteiger partial charge in [0.1, 0.15) is 0 Å². The molecule has 5 N–H and O–H groups in total. The summed E-state index contributed by atoms with van der Waals surface area (Å²) in [6, 6.07) is 0. The predicted molar refractivity (Wildman–Crippen MR) is 52.6 cm³/mol. The summed E-state index contributed by atoms with van der Waals surface area (Å²) in [5, 5.41) is 0.508. The Kier molecular flexibility index (Phi) is 1.73. The molecule has 1 aliphatic carbocycles. The van der Waals surface area contributed by atoms with Gasteiger partial charge in [-0.2, -0.15) is 0 Å². The van der Waals surface area contributed by atoms with Gasteiger partial charge in [0, 0.05) is 10.6 Å². The number of nitrogens with two attached hydrogens (primary N) is 2. The number of fused-ring (bicyclic) bond motifs is 1. The third kappa shape index (κ3) is 0.990. The molecule has 2 rings (SSSR count). The lowest BCUT2D eigenvalue weighted by molar-refractivity contribution is 0.664. The zero-order valence-corrected chi connectivity index (χ0v) is 7.53. The Morgan fingerprint density at radius 3 is 2.83 bits per heavy atom. The van der Waals surface area contributed by atoms with Crippen molar-refractivity contribution in [3.05, 3.63) is 22.4 Å². The zero-order valence-electron chi connectivity index (χ0n) is 6.71. The molecule has 12 heavy (non-hydrogen) atoms. The molecule has 1 atom stereocenters. The van der Waals surface area contributed by atoms with E-state index in [1.165, 1.54) is 0 Å². The molecule has 2 aliphatic rings. The minimum Gasteiger partial charge on any atom is -0.398 e. The normalized spacial score (nSPS) is 28.9.